The van der Waals surface area contributed by atoms with Crippen LogP contribution in [0.1, 0.15) is 20.8 Å². The van der Waals surface area contributed by atoms with Crippen LogP contribution in [0.25, 0.3) is 0 Å². The Hall–Kier alpha value is -0.810. The molecule has 0 aromatic rings. The lowest BCUT2D eigenvalue weighted by molar-refractivity contribution is -0.388. The first-order valence-corrected chi connectivity index (χ1v) is 5.31. The molecule has 3 N–H and O–H groups in total. The van der Waals surface area contributed by atoms with Gasteiger partial charge in [0, 0.05) is 6.54 Å². The predicted molar refractivity (Wildman–Crippen MR) is 55.3 cm³/mol. The maximum atomic E-state index is 11.7. The van der Waals surface area contributed by atoms with E-state index in [2.05, 4.69) is 5.73 Å². The highest BCUT2D eigenvalue weighted by atomic mass is 16.6. The second kappa shape index (κ2) is 4.81. The van der Waals surface area contributed by atoms with Crippen LogP contribution in [0.4, 0.5) is 4.79 Å². The summed E-state index contributed by atoms with van der Waals surface area (Å²) in [7, 11) is 0. The number of ether oxygens (including phenoxy) is 2. The van der Waals surface area contributed by atoms with Gasteiger partial charge in [0.1, 0.15) is 18.2 Å². The molecule has 15 heavy (non-hydrogen) atoms. The molecule has 1 rings (SSSR count). The second-order valence-corrected chi connectivity index (χ2v) is 4.71. The molecule has 1 saturated heterocycles. The van der Waals surface area contributed by atoms with Gasteiger partial charge in [-0.1, -0.05) is 0 Å². The van der Waals surface area contributed by atoms with Crippen LogP contribution in [0.15, 0.2) is 0 Å². The molecule has 5 heteroatoms. The van der Waals surface area contributed by atoms with Crippen molar-refractivity contribution in [1.29, 1.82) is 0 Å². The highest BCUT2D eigenvalue weighted by Crippen LogP contribution is 2.12. The molecule has 1 amide bonds. The largest absolute Gasteiger partial charge is 0.444 e. The third kappa shape index (κ3) is 4.05. The highest BCUT2D eigenvalue weighted by molar-refractivity contribution is 5.68. The van der Waals surface area contributed by atoms with Crippen molar-refractivity contribution in [2.75, 3.05) is 26.2 Å². The SMILES string of the molecule is CC(C)(C)OC(=O)N1CCO[C@H](C[NH3+])C1. The normalized spacial score (nSPS) is 22.7. The van der Waals surface area contributed by atoms with Crippen LogP contribution in [0.2, 0.25) is 0 Å². The van der Waals surface area contributed by atoms with Crippen LogP contribution in [-0.4, -0.2) is 48.9 Å². The quantitative estimate of drug-likeness (QED) is 0.665. The minimum absolute atomic E-state index is 0.0475. The fourth-order valence-electron chi connectivity index (χ4n) is 1.39. The summed E-state index contributed by atoms with van der Waals surface area (Å²) in [5.41, 5.74) is 3.34. The molecular formula is C10H21N2O3+. The number of quaternary nitrogens is 1. The van der Waals surface area contributed by atoms with Crippen LogP contribution < -0.4 is 5.73 Å². The van der Waals surface area contributed by atoms with Gasteiger partial charge >= 0.3 is 6.09 Å². The minimum atomic E-state index is -0.435. The highest BCUT2D eigenvalue weighted by Gasteiger charge is 2.27. The Morgan fingerprint density at radius 2 is 2.27 bits per heavy atom. The summed E-state index contributed by atoms with van der Waals surface area (Å²) >= 11 is 0. The number of hydrogen-bond acceptors (Lipinski definition) is 3. The zero-order valence-corrected chi connectivity index (χ0v) is 9.78. The molecule has 88 valence electrons. The van der Waals surface area contributed by atoms with Crippen LogP contribution >= 0.6 is 0 Å². The maximum absolute atomic E-state index is 11.7. The third-order valence-electron chi connectivity index (χ3n) is 2.11. The number of carbonyl (C=O) groups excluding carboxylic acids is 1. The summed E-state index contributed by atoms with van der Waals surface area (Å²) in [5.74, 6) is 0. The molecule has 0 unspecified atom stereocenters. The van der Waals surface area contributed by atoms with Gasteiger partial charge < -0.3 is 20.1 Å². The molecule has 0 saturated carbocycles. The van der Waals surface area contributed by atoms with Gasteiger partial charge in [0.15, 0.2) is 0 Å². The van der Waals surface area contributed by atoms with Crippen molar-refractivity contribution in [2.24, 2.45) is 0 Å². The summed E-state index contributed by atoms with van der Waals surface area (Å²) in [6.45, 7) is 8.03. The van der Waals surface area contributed by atoms with E-state index in [1.165, 1.54) is 0 Å². The molecule has 0 aromatic heterocycles. The molecule has 1 heterocycles. The molecule has 1 aliphatic heterocycles. The maximum Gasteiger partial charge on any atom is 0.410 e. The molecule has 0 bridgehead atoms. The lowest BCUT2D eigenvalue weighted by Gasteiger charge is -2.33. The number of nitrogens with zero attached hydrogens (tertiary/aromatic N) is 1. The van der Waals surface area contributed by atoms with E-state index < -0.39 is 5.60 Å². The molecular weight excluding hydrogens is 196 g/mol. The third-order valence-corrected chi connectivity index (χ3v) is 2.11. The van der Waals surface area contributed by atoms with E-state index in [0.29, 0.717) is 26.2 Å². The lowest BCUT2D eigenvalue weighted by atomic mass is 10.2. The Morgan fingerprint density at radius 1 is 1.60 bits per heavy atom. The molecule has 0 radical (unpaired) electrons. The van der Waals surface area contributed by atoms with Gasteiger partial charge in [0.05, 0.1) is 13.2 Å². The molecule has 1 atom stereocenters. The summed E-state index contributed by atoms with van der Waals surface area (Å²) in [4.78, 5) is 13.4. The first kappa shape index (κ1) is 12.3. The average Bonchev–Trinajstić information content (AvgIpc) is 2.15. The van der Waals surface area contributed by atoms with Gasteiger partial charge in [-0.05, 0) is 20.8 Å². The minimum Gasteiger partial charge on any atom is -0.444 e. The van der Waals surface area contributed by atoms with E-state index in [-0.39, 0.29) is 12.2 Å². The Labute approximate surface area is 90.5 Å². The summed E-state index contributed by atoms with van der Waals surface area (Å²) in [6.07, 6.45) is -0.212. The van der Waals surface area contributed by atoms with Crippen LogP contribution in [0, 0.1) is 0 Å². The monoisotopic (exact) mass is 217 g/mol. The van der Waals surface area contributed by atoms with E-state index in [1.54, 1.807) is 4.90 Å². The summed E-state index contributed by atoms with van der Waals surface area (Å²) < 4.78 is 10.7. The summed E-state index contributed by atoms with van der Waals surface area (Å²) in [5, 5.41) is 0. The number of morpholine rings is 1. The molecule has 0 aliphatic carbocycles. The first-order valence-electron chi connectivity index (χ1n) is 5.31. The van der Waals surface area contributed by atoms with Crippen molar-refractivity contribution in [1.82, 2.24) is 4.90 Å². The molecule has 1 fully saturated rings. The molecule has 1 aliphatic rings. The van der Waals surface area contributed by atoms with E-state index in [9.17, 15) is 4.79 Å². The Bertz CT molecular complexity index is 225. The van der Waals surface area contributed by atoms with Gasteiger partial charge in [0.2, 0.25) is 0 Å². The Morgan fingerprint density at radius 3 is 2.80 bits per heavy atom. The second-order valence-electron chi connectivity index (χ2n) is 4.71. The van der Waals surface area contributed by atoms with Crippen molar-refractivity contribution in [2.45, 2.75) is 32.5 Å². The standard InChI is InChI=1S/C10H20N2O3/c1-10(2,3)15-9(13)12-4-5-14-8(6-11)7-12/h8H,4-7,11H2,1-3H3/p+1/t8-/m1/s1. The van der Waals surface area contributed by atoms with Crippen LogP contribution in [0.3, 0.4) is 0 Å². The van der Waals surface area contributed by atoms with E-state index in [0.717, 1.165) is 0 Å². The van der Waals surface area contributed by atoms with Gasteiger partial charge in [-0.25, -0.2) is 4.79 Å². The Kier molecular flexibility index (Phi) is 3.93. The zero-order chi connectivity index (χ0) is 11.5. The van der Waals surface area contributed by atoms with Gasteiger partial charge in [-0.15, -0.1) is 0 Å². The number of hydrogen-bond donors (Lipinski definition) is 1. The number of rotatable bonds is 1. The number of carbonyl (C=O) groups is 1. The fourth-order valence-corrected chi connectivity index (χ4v) is 1.39. The van der Waals surface area contributed by atoms with Crippen molar-refractivity contribution in [3.63, 3.8) is 0 Å². The Balaban J connectivity index is 2.45. The molecule has 0 aromatic carbocycles. The number of amides is 1. The van der Waals surface area contributed by atoms with Gasteiger partial charge in [-0.2, -0.15) is 0 Å². The van der Waals surface area contributed by atoms with Crippen LogP contribution in [-0.2, 0) is 9.47 Å². The van der Waals surface area contributed by atoms with E-state index >= 15 is 0 Å². The zero-order valence-electron chi connectivity index (χ0n) is 9.78. The fraction of sp³-hybridized carbons (Fsp3) is 0.900. The van der Waals surface area contributed by atoms with Crippen molar-refractivity contribution >= 4 is 6.09 Å². The smallest absolute Gasteiger partial charge is 0.410 e. The predicted octanol–water partition coefficient (Wildman–Crippen LogP) is -0.136. The van der Waals surface area contributed by atoms with Crippen molar-refractivity contribution < 1.29 is 20.0 Å². The van der Waals surface area contributed by atoms with E-state index in [1.807, 2.05) is 20.8 Å². The van der Waals surface area contributed by atoms with Gasteiger partial charge in [-0.3, -0.25) is 0 Å². The lowest BCUT2D eigenvalue weighted by Crippen LogP contribution is -2.61. The van der Waals surface area contributed by atoms with E-state index in [4.69, 9.17) is 9.47 Å². The van der Waals surface area contributed by atoms with Crippen molar-refractivity contribution in [3.8, 4) is 0 Å². The van der Waals surface area contributed by atoms with Crippen molar-refractivity contribution in [3.05, 3.63) is 0 Å². The summed E-state index contributed by atoms with van der Waals surface area (Å²) in [6, 6.07) is 0. The molecule has 0 spiro atoms. The van der Waals surface area contributed by atoms with Gasteiger partial charge in [0.25, 0.3) is 0 Å². The topological polar surface area (TPSA) is 66.4 Å². The average molecular weight is 217 g/mol. The first-order chi connectivity index (χ1) is 6.92. The van der Waals surface area contributed by atoms with Crippen LogP contribution in [0.5, 0.6) is 0 Å². The molecule has 5 nitrogen and oxygen atoms in total.